The topological polar surface area (TPSA) is 82.7 Å². The lowest BCUT2D eigenvalue weighted by molar-refractivity contribution is 0.0919. The highest BCUT2D eigenvalue weighted by atomic mass is 16.2. The van der Waals surface area contributed by atoms with Crippen molar-refractivity contribution in [3.05, 3.63) is 12.2 Å². The molecule has 94 valence electrons. The smallest absolute Gasteiger partial charge is 0.288 e. The fraction of sp³-hybridized carbons (Fsp3) is 0.727. The van der Waals surface area contributed by atoms with Crippen molar-refractivity contribution < 1.29 is 4.79 Å². The van der Waals surface area contributed by atoms with Crippen LogP contribution >= 0.6 is 0 Å². The predicted octanol–water partition coefficient (Wildman–Crippen LogP) is 0.313. The molecular weight excluding hydrogens is 218 g/mol. The lowest BCUT2D eigenvalue weighted by atomic mass is 9.77. The van der Waals surface area contributed by atoms with Crippen molar-refractivity contribution in [3.8, 4) is 0 Å². The Kier molecular flexibility index (Phi) is 3.42. The summed E-state index contributed by atoms with van der Waals surface area (Å²) in [6, 6.07) is 0.308. The van der Waals surface area contributed by atoms with Crippen molar-refractivity contribution in [1.29, 1.82) is 0 Å². The molecule has 1 amide bonds. The first-order valence-electron chi connectivity index (χ1n) is 5.96. The fourth-order valence-corrected chi connectivity index (χ4v) is 2.21. The van der Waals surface area contributed by atoms with Crippen LogP contribution in [0.3, 0.4) is 0 Å². The van der Waals surface area contributed by atoms with Gasteiger partial charge in [0, 0.05) is 12.6 Å². The quantitative estimate of drug-likeness (QED) is 0.706. The van der Waals surface area contributed by atoms with Crippen LogP contribution < -0.4 is 10.6 Å². The molecule has 1 atom stereocenters. The molecule has 3 N–H and O–H groups in total. The Labute approximate surface area is 101 Å². The van der Waals surface area contributed by atoms with E-state index in [2.05, 4.69) is 39.7 Å². The van der Waals surface area contributed by atoms with Crippen molar-refractivity contribution in [3.63, 3.8) is 0 Å². The molecule has 17 heavy (non-hydrogen) atoms. The second-order valence-corrected chi connectivity index (χ2v) is 5.14. The number of hydrogen-bond donors (Lipinski definition) is 3. The van der Waals surface area contributed by atoms with Gasteiger partial charge >= 0.3 is 0 Å². The van der Waals surface area contributed by atoms with Crippen molar-refractivity contribution >= 4 is 5.91 Å². The second-order valence-electron chi connectivity index (χ2n) is 5.14. The summed E-state index contributed by atoms with van der Waals surface area (Å²) in [5.41, 5.74) is 0.215. The molecule has 0 radical (unpaired) electrons. The van der Waals surface area contributed by atoms with Crippen LogP contribution in [0, 0.1) is 5.41 Å². The summed E-state index contributed by atoms with van der Waals surface area (Å²) >= 11 is 0. The van der Waals surface area contributed by atoms with Gasteiger partial charge in [-0.05, 0) is 24.8 Å². The highest BCUT2D eigenvalue weighted by Crippen LogP contribution is 2.29. The Hall–Kier alpha value is -1.43. The average Bonchev–Trinajstić information content (AvgIpc) is 2.80. The number of carbonyl (C=O) groups is 1. The molecule has 0 aromatic carbocycles. The van der Waals surface area contributed by atoms with Crippen LogP contribution in [0.1, 0.15) is 37.3 Å². The second kappa shape index (κ2) is 4.83. The minimum absolute atomic E-state index is 0.203. The summed E-state index contributed by atoms with van der Waals surface area (Å²) in [4.78, 5) is 15.5. The molecule has 2 rings (SSSR count). The SMILES string of the molecule is CC1(C)CCCNC1CNC(=O)c1ncn[nH]1. The van der Waals surface area contributed by atoms with Gasteiger partial charge in [-0.2, -0.15) is 5.10 Å². The van der Waals surface area contributed by atoms with Crippen LogP contribution in [0.25, 0.3) is 0 Å². The number of amides is 1. The van der Waals surface area contributed by atoms with Gasteiger partial charge in [0.15, 0.2) is 0 Å². The van der Waals surface area contributed by atoms with E-state index in [9.17, 15) is 4.79 Å². The van der Waals surface area contributed by atoms with Crippen LogP contribution in [0.15, 0.2) is 6.33 Å². The number of H-pyrrole nitrogens is 1. The third-order valence-electron chi connectivity index (χ3n) is 3.43. The summed E-state index contributed by atoms with van der Waals surface area (Å²) in [6.45, 7) is 6.09. The fourth-order valence-electron chi connectivity index (χ4n) is 2.21. The monoisotopic (exact) mass is 237 g/mol. The summed E-state index contributed by atoms with van der Waals surface area (Å²) in [5, 5.41) is 12.5. The van der Waals surface area contributed by atoms with Gasteiger partial charge in [0.05, 0.1) is 0 Å². The van der Waals surface area contributed by atoms with Crippen LogP contribution in [0.4, 0.5) is 0 Å². The molecular formula is C11H19N5O. The number of carbonyl (C=O) groups excluding carboxylic acids is 1. The van der Waals surface area contributed by atoms with Gasteiger partial charge < -0.3 is 10.6 Å². The first kappa shape index (κ1) is 12.0. The van der Waals surface area contributed by atoms with E-state index in [0.29, 0.717) is 12.6 Å². The van der Waals surface area contributed by atoms with Crippen LogP contribution in [-0.4, -0.2) is 40.2 Å². The molecule has 1 fully saturated rings. The minimum atomic E-state index is -0.203. The predicted molar refractivity (Wildman–Crippen MR) is 63.5 cm³/mol. The summed E-state index contributed by atoms with van der Waals surface area (Å²) in [7, 11) is 0. The Morgan fingerprint density at radius 1 is 1.65 bits per heavy atom. The zero-order valence-electron chi connectivity index (χ0n) is 10.3. The zero-order valence-corrected chi connectivity index (χ0v) is 10.3. The molecule has 6 nitrogen and oxygen atoms in total. The lowest BCUT2D eigenvalue weighted by Crippen LogP contribution is -2.52. The normalized spacial score (nSPS) is 23.3. The maximum atomic E-state index is 11.7. The minimum Gasteiger partial charge on any atom is -0.348 e. The van der Waals surface area contributed by atoms with E-state index in [1.54, 1.807) is 0 Å². The molecule has 1 aromatic heterocycles. The standard InChI is InChI=1S/C11H19N5O/c1-11(2)4-3-5-12-8(11)6-13-10(17)9-14-7-15-16-9/h7-8,12H,3-6H2,1-2H3,(H,13,17)(H,14,15,16). The molecule has 1 unspecified atom stereocenters. The summed E-state index contributed by atoms with van der Waals surface area (Å²) < 4.78 is 0. The highest BCUT2D eigenvalue weighted by molar-refractivity contribution is 5.90. The third-order valence-corrected chi connectivity index (χ3v) is 3.43. The maximum Gasteiger partial charge on any atom is 0.288 e. The highest BCUT2D eigenvalue weighted by Gasteiger charge is 2.32. The summed E-state index contributed by atoms with van der Waals surface area (Å²) in [5.74, 6) is 0.0595. The van der Waals surface area contributed by atoms with Crippen molar-refractivity contribution in [2.75, 3.05) is 13.1 Å². The van der Waals surface area contributed by atoms with Crippen LogP contribution in [0.2, 0.25) is 0 Å². The zero-order chi connectivity index (χ0) is 12.3. The van der Waals surface area contributed by atoms with Crippen LogP contribution in [0.5, 0.6) is 0 Å². The van der Waals surface area contributed by atoms with Gasteiger partial charge in [-0.3, -0.25) is 9.89 Å². The van der Waals surface area contributed by atoms with Gasteiger partial charge in [0.1, 0.15) is 6.33 Å². The Bertz CT molecular complexity index is 373. The number of rotatable bonds is 3. The van der Waals surface area contributed by atoms with Gasteiger partial charge in [0.25, 0.3) is 5.91 Å². The van der Waals surface area contributed by atoms with E-state index in [-0.39, 0.29) is 17.1 Å². The number of piperidine rings is 1. The molecule has 1 aliphatic heterocycles. The van der Waals surface area contributed by atoms with Gasteiger partial charge in [-0.15, -0.1) is 0 Å². The van der Waals surface area contributed by atoms with Gasteiger partial charge in [-0.1, -0.05) is 13.8 Å². The first-order valence-corrected chi connectivity index (χ1v) is 5.96. The van der Waals surface area contributed by atoms with E-state index in [1.165, 1.54) is 19.2 Å². The third kappa shape index (κ3) is 2.82. The Morgan fingerprint density at radius 2 is 2.47 bits per heavy atom. The number of aromatic amines is 1. The molecule has 1 saturated heterocycles. The molecule has 0 spiro atoms. The van der Waals surface area contributed by atoms with E-state index >= 15 is 0 Å². The summed E-state index contributed by atoms with van der Waals surface area (Å²) in [6.07, 6.45) is 3.71. The van der Waals surface area contributed by atoms with E-state index in [4.69, 9.17) is 0 Å². The lowest BCUT2D eigenvalue weighted by Gasteiger charge is -2.39. The average molecular weight is 237 g/mol. The molecule has 6 heteroatoms. The molecule has 2 heterocycles. The maximum absolute atomic E-state index is 11.7. The number of nitrogens with zero attached hydrogens (tertiary/aromatic N) is 2. The van der Waals surface area contributed by atoms with Gasteiger partial charge in [0.2, 0.25) is 5.82 Å². The Morgan fingerprint density at radius 3 is 3.12 bits per heavy atom. The molecule has 1 aromatic rings. The molecule has 0 aliphatic carbocycles. The van der Waals surface area contributed by atoms with Crippen molar-refractivity contribution in [2.24, 2.45) is 5.41 Å². The van der Waals surface area contributed by atoms with Crippen molar-refractivity contribution in [1.82, 2.24) is 25.8 Å². The number of aromatic nitrogens is 3. The van der Waals surface area contributed by atoms with E-state index < -0.39 is 0 Å². The largest absolute Gasteiger partial charge is 0.348 e. The number of hydrogen-bond acceptors (Lipinski definition) is 4. The molecule has 1 aliphatic rings. The van der Waals surface area contributed by atoms with E-state index in [1.807, 2.05) is 0 Å². The molecule has 0 saturated carbocycles. The molecule has 0 bridgehead atoms. The van der Waals surface area contributed by atoms with Gasteiger partial charge in [-0.25, -0.2) is 4.98 Å². The van der Waals surface area contributed by atoms with Crippen LogP contribution in [-0.2, 0) is 0 Å². The Balaban J connectivity index is 1.87. The van der Waals surface area contributed by atoms with Crippen molar-refractivity contribution in [2.45, 2.75) is 32.7 Å². The van der Waals surface area contributed by atoms with E-state index in [0.717, 1.165) is 6.54 Å². The first-order chi connectivity index (χ1) is 8.09. The number of nitrogens with one attached hydrogen (secondary N) is 3.